The molecular weight excluding hydrogens is 278 g/mol. The zero-order valence-corrected chi connectivity index (χ0v) is 14.1. The summed E-state index contributed by atoms with van der Waals surface area (Å²) in [7, 11) is 3.52. The third-order valence-corrected chi connectivity index (χ3v) is 3.70. The first-order valence-electron chi connectivity index (χ1n) is 7.62. The number of carbonyl (C=O) groups is 2. The molecule has 0 aliphatic heterocycles. The highest BCUT2D eigenvalue weighted by Crippen LogP contribution is 2.07. The SMILES string of the molecule is CNC(=O)c1ccc(CN(C)CC(=O)NC(C)C(C)C)cc1. The molecule has 0 heterocycles. The summed E-state index contributed by atoms with van der Waals surface area (Å²) in [4.78, 5) is 25.4. The van der Waals surface area contributed by atoms with Crippen LogP contribution >= 0.6 is 0 Å². The van der Waals surface area contributed by atoms with E-state index >= 15 is 0 Å². The van der Waals surface area contributed by atoms with Gasteiger partial charge in [0, 0.05) is 25.2 Å². The fourth-order valence-electron chi connectivity index (χ4n) is 1.98. The van der Waals surface area contributed by atoms with E-state index in [0.717, 1.165) is 5.56 Å². The first-order chi connectivity index (χ1) is 10.3. The minimum atomic E-state index is -0.0954. The van der Waals surface area contributed by atoms with Gasteiger partial charge in [-0.15, -0.1) is 0 Å². The van der Waals surface area contributed by atoms with Gasteiger partial charge in [-0.1, -0.05) is 26.0 Å². The second-order valence-electron chi connectivity index (χ2n) is 6.05. The van der Waals surface area contributed by atoms with Crippen LogP contribution in [-0.4, -0.2) is 43.4 Å². The Morgan fingerprint density at radius 2 is 1.73 bits per heavy atom. The molecule has 1 atom stereocenters. The molecule has 1 unspecified atom stereocenters. The Bertz CT molecular complexity index is 497. The lowest BCUT2D eigenvalue weighted by molar-refractivity contribution is -0.122. The van der Waals surface area contributed by atoms with Crippen LogP contribution in [0.4, 0.5) is 0 Å². The highest BCUT2D eigenvalue weighted by molar-refractivity contribution is 5.93. The number of nitrogens with one attached hydrogen (secondary N) is 2. The maximum absolute atomic E-state index is 11.9. The first kappa shape index (κ1) is 18.2. The molecule has 122 valence electrons. The van der Waals surface area contributed by atoms with Crippen LogP contribution in [0.3, 0.4) is 0 Å². The molecule has 0 saturated heterocycles. The molecule has 0 bridgehead atoms. The maximum atomic E-state index is 11.9. The van der Waals surface area contributed by atoms with E-state index in [9.17, 15) is 9.59 Å². The van der Waals surface area contributed by atoms with E-state index in [1.807, 2.05) is 31.0 Å². The Morgan fingerprint density at radius 1 is 1.14 bits per heavy atom. The van der Waals surface area contributed by atoms with E-state index in [2.05, 4.69) is 24.5 Å². The zero-order valence-electron chi connectivity index (χ0n) is 14.1. The minimum Gasteiger partial charge on any atom is -0.355 e. The van der Waals surface area contributed by atoms with Crippen molar-refractivity contribution in [2.24, 2.45) is 5.92 Å². The number of hydrogen-bond donors (Lipinski definition) is 2. The molecule has 2 N–H and O–H groups in total. The topological polar surface area (TPSA) is 61.4 Å². The van der Waals surface area contributed by atoms with Gasteiger partial charge in [0.2, 0.25) is 5.91 Å². The molecule has 5 heteroatoms. The van der Waals surface area contributed by atoms with Crippen LogP contribution in [-0.2, 0) is 11.3 Å². The van der Waals surface area contributed by atoms with Gasteiger partial charge < -0.3 is 10.6 Å². The van der Waals surface area contributed by atoms with Gasteiger partial charge in [0.25, 0.3) is 5.91 Å². The molecule has 0 saturated carbocycles. The Balaban J connectivity index is 2.49. The van der Waals surface area contributed by atoms with Crippen molar-refractivity contribution in [3.05, 3.63) is 35.4 Å². The molecule has 0 aromatic heterocycles. The van der Waals surface area contributed by atoms with Crippen molar-refractivity contribution in [3.8, 4) is 0 Å². The van der Waals surface area contributed by atoms with Crippen molar-refractivity contribution < 1.29 is 9.59 Å². The van der Waals surface area contributed by atoms with Gasteiger partial charge >= 0.3 is 0 Å². The molecule has 0 spiro atoms. The second-order valence-corrected chi connectivity index (χ2v) is 6.05. The standard InChI is InChI=1S/C17H27N3O2/c1-12(2)13(3)19-16(21)11-20(5)10-14-6-8-15(9-7-14)17(22)18-4/h6-9,12-13H,10-11H2,1-5H3,(H,18,22)(H,19,21). The summed E-state index contributed by atoms with van der Waals surface area (Å²) in [6, 6.07) is 7.59. The molecule has 0 radical (unpaired) electrons. The summed E-state index contributed by atoms with van der Waals surface area (Å²) in [6.45, 7) is 7.21. The van der Waals surface area contributed by atoms with Gasteiger partial charge in [0.1, 0.15) is 0 Å². The van der Waals surface area contributed by atoms with Crippen molar-refractivity contribution in [1.29, 1.82) is 0 Å². The van der Waals surface area contributed by atoms with Gasteiger partial charge in [-0.2, -0.15) is 0 Å². The van der Waals surface area contributed by atoms with Crippen LogP contribution < -0.4 is 10.6 Å². The normalized spacial score (nSPS) is 12.3. The summed E-state index contributed by atoms with van der Waals surface area (Å²) in [5, 5.41) is 5.59. The fourth-order valence-corrected chi connectivity index (χ4v) is 1.98. The number of nitrogens with zero attached hydrogens (tertiary/aromatic N) is 1. The van der Waals surface area contributed by atoms with Crippen molar-refractivity contribution >= 4 is 11.8 Å². The quantitative estimate of drug-likeness (QED) is 0.805. The van der Waals surface area contributed by atoms with Crippen LogP contribution in [0.15, 0.2) is 24.3 Å². The fraction of sp³-hybridized carbons (Fsp3) is 0.529. The minimum absolute atomic E-state index is 0.0330. The number of likely N-dealkylation sites (N-methyl/N-ethyl adjacent to an activating group) is 1. The van der Waals surface area contributed by atoms with Gasteiger partial charge in [-0.3, -0.25) is 14.5 Å². The molecule has 1 rings (SSSR count). The predicted octanol–water partition coefficient (Wildman–Crippen LogP) is 1.64. The van der Waals surface area contributed by atoms with Crippen LogP contribution in [0.2, 0.25) is 0 Å². The van der Waals surface area contributed by atoms with Crippen molar-refractivity contribution in [3.63, 3.8) is 0 Å². The van der Waals surface area contributed by atoms with Gasteiger partial charge in [0.15, 0.2) is 0 Å². The molecule has 0 aliphatic rings. The Kier molecular flexibility index (Phi) is 7.05. The highest BCUT2D eigenvalue weighted by Gasteiger charge is 2.12. The summed E-state index contributed by atoms with van der Waals surface area (Å²) in [6.07, 6.45) is 0. The molecule has 1 aromatic carbocycles. The van der Waals surface area contributed by atoms with Gasteiger partial charge in [-0.05, 0) is 37.6 Å². The first-order valence-corrected chi connectivity index (χ1v) is 7.62. The highest BCUT2D eigenvalue weighted by atomic mass is 16.2. The Hall–Kier alpha value is -1.88. The lowest BCUT2D eigenvalue weighted by Crippen LogP contribution is -2.41. The monoisotopic (exact) mass is 305 g/mol. The number of carbonyl (C=O) groups excluding carboxylic acids is 2. The lowest BCUT2D eigenvalue weighted by atomic mass is 10.1. The zero-order chi connectivity index (χ0) is 16.7. The predicted molar refractivity (Wildman–Crippen MR) is 88.6 cm³/mol. The maximum Gasteiger partial charge on any atom is 0.251 e. The summed E-state index contributed by atoms with van der Waals surface area (Å²) >= 11 is 0. The number of benzene rings is 1. The molecule has 0 fully saturated rings. The van der Waals surface area contributed by atoms with Crippen LogP contribution in [0.1, 0.15) is 36.7 Å². The average molecular weight is 305 g/mol. The van der Waals surface area contributed by atoms with Gasteiger partial charge in [0.05, 0.1) is 6.54 Å². The summed E-state index contributed by atoms with van der Waals surface area (Å²) < 4.78 is 0. The third-order valence-electron chi connectivity index (χ3n) is 3.70. The van der Waals surface area contributed by atoms with Crippen LogP contribution in [0.5, 0.6) is 0 Å². The summed E-state index contributed by atoms with van der Waals surface area (Å²) in [5.74, 6) is 0.360. The van der Waals surface area contributed by atoms with E-state index in [4.69, 9.17) is 0 Å². The average Bonchev–Trinajstić information content (AvgIpc) is 2.46. The van der Waals surface area contributed by atoms with Crippen molar-refractivity contribution in [2.75, 3.05) is 20.6 Å². The van der Waals surface area contributed by atoms with E-state index in [0.29, 0.717) is 24.6 Å². The molecule has 0 aliphatic carbocycles. The largest absolute Gasteiger partial charge is 0.355 e. The smallest absolute Gasteiger partial charge is 0.251 e. The van der Waals surface area contributed by atoms with Crippen LogP contribution in [0.25, 0.3) is 0 Å². The molecule has 2 amide bonds. The lowest BCUT2D eigenvalue weighted by Gasteiger charge is -2.21. The number of hydrogen-bond acceptors (Lipinski definition) is 3. The van der Waals surface area contributed by atoms with Crippen molar-refractivity contribution in [1.82, 2.24) is 15.5 Å². The van der Waals surface area contributed by atoms with E-state index in [-0.39, 0.29) is 17.9 Å². The third kappa shape index (κ3) is 5.85. The Labute approximate surface area is 133 Å². The number of rotatable bonds is 7. The number of amides is 2. The van der Waals surface area contributed by atoms with Gasteiger partial charge in [-0.25, -0.2) is 0 Å². The van der Waals surface area contributed by atoms with E-state index in [1.54, 1.807) is 19.2 Å². The molecule has 1 aromatic rings. The Morgan fingerprint density at radius 3 is 2.23 bits per heavy atom. The summed E-state index contributed by atoms with van der Waals surface area (Å²) in [5.41, 5.74) is 1.71. The second kappa shape index (κ2) is 8.54. The molecule has 22 heavy (non-hydrogen) atoms. The molecule has 5 nitrogen and oxygen atoms in total. The van der Waals surface area contributed by atoms with E-state index < -0.39 is 0 Å². The molecular formula is C17H27N3O2. The van der Waals surface area contributed by atoms with Crippen LogP contribution in [0, 0.1) is 5.92 Å². The van der Waals surface area contributed by atoms with Crippen molar-refractivity contribution in [2.45, 2.75) is 33.4 Å². The van der Waals surface area contributed by atoms with E-state index in [1.165, 1.54) is 0 Å².